The largest absolute Gasteiger partial charge is 0.480 e. The van der Waals surface area contributed by atoms with Crippen molar-refractivity contribution < 1.29 is 29.0 Å². The molecule has 0 fully saturated rings. The third-order valence-electron chi connectivity index (χ3n) is 3.77. The molecule has 0 unspecified atom stereocenters. The van der Waals surface area contributed by atoms with Crippen molar-refractivity contribution in [2.75, 3.05) is 13.2 Å². The van der Waals surface area contributed by atoms with E-state index in [1.165, 1.54) is 0 Å². The van der Waals surface area contributed by atoms with E-state index in [9.17, 15) is 19.5 Å². The predicted molar refractivity (Wildman–Crippen MR) is 110 cm³/mol. The van der Waals surface area contributed by atoms with Gasteiger partial charge in [-0.3, -0.25) is 10.3 Å². The first kappa shape index (κ1) is 23.8. The molecule has 1 aliphatic heterocycles. The Morgan fingerprint density at radius 3 is 2.53 bits per heavy atom. The lowest BCUT2D eigenvalue weighted by Gasteiger charge is -2.29. The van der Waals surface area contributed by atoms with E-state index in [0.717, 1.165) is 5.56 Å². The SMILES string of the molecule is O=C(NC1=NCC[C@@H]([C@H](NC(=O)OCc2ccccc2)C(=O)O)N1)OCC(Cl)(Cl)Cl. The van der Waals surface area contributed by atoms with Crippen LogP contribution in [0.1, 0.15) is 12.0 Å². The van der Waals surface area contributed by atoms with Gasteiger partial charge in [0.2, 0.25) is 9.75 Å². The Morgan fingerprint density at radius 1 is 1.20 bits per heavy atom. The molecule has 0 bridgehead atoms. The number of aliphatic imine (C=N–C) groups is 1. The number of nitrogens with zero attached hydrogens (tertiary/aromatic N) is 1. The van der Waals surface area contributed by atoms with E-state index in [1.807, 2.05) is 6.07 Å². The number of hydrogen-bond donors (Lipinski definition) is 4. The van der Waals surface area contributed by atoms with Crippen molar-refractivity contribution in [3.8, 4) is 0 Å². The van der Waals surface area contributed by atoms with Gasteiger partial charge >= 0.3 is 18.2 Å². The molecule has 0 spiro atoms. The molecule has 0 saturated carbocycles. The molecule has 2 rings (SSSR count). The summed E-state index contributed by atoms with van der Waals surface area (Å²) < 4.78 is 8.00. The number of carbonyl (C=O) groups excluding carboxylic acids is 2. The topological polar surface area (TPSA) is 138 Å². The fourth-order valence-electron chi connectivity index (χ4n) is 2.44. The second-order valence-corrected chi connectivity index (χ2v) is 8.62. The number of carbonyl (C=O) groups is 3. The van der Waals surface area contributed by atoms with Crippen LogP contribution in [0.2, 0.25) is 0 Å². The van der Waals surface area contributed by atoms with E-state index < -0.39 is 40.6 Å². The van der Waals surface area contributed by atoms with Crippen LogP contribution >= 0.6 is 34.8 Å². The summed E-state index contributed by atoms with van der Waals surface area (Å²) in [7, 11) is 0. The number of carboxylic acids is 1. The van der Waals surface area contributed by atoms with Gasteiger partial charge in [-0.25, -0.2) is 14.4 Å². The first-order chi connectivity index (χ1) is 14.1. The third kappa shape index (κ3) is 8.52. The van der Waals surface area contributed by atoms with Crippen LogP contribution in [0.5, 0.6) is 0 Å². The second-order valence-electron chi connectivity index (χ2n) is 6.11. The second kappa shape index (κ2) is 11.1. The van der Waals surface area contributed by atoms with E-state index in [1.54, 1.807) is 24.3 Å². The van der Waals surface area contributed by atoms with Gasteiger partial charge in [0.1, 0.15) is 19.3 Å². The summed E-state index contributed by atoms with van der Waals surface area (Å²) in [5, 5.41) is 16.8. The number of alkyl carbamates (subject to hydrolysis) is 2. The first-order valence-corrected chi connectivity index (χ1v) is 9.79. The van der Waals surface area contributed by atoms with E-state index in [0.29, 0.717) is 0 Å². The van der Waals surface area contributed by atoms with E-state index in [-0.39, 0.29) is 25.5 Å². The highest BCUT2D eigenvalue weighted by Crippen LogP contribution is 2.25. The Balaban J connectivity index is 1.88. The highest BCUT2D eigenvalue weighted by molar-refractivity contribution is 6.67. The average molecular weight is 482 g/mol. The minimum atomic E-state index is -1.78. The van der Waals surface area contributed by atoms with Gasteiger partial charge in [-0.2, -0.15) is 0 Å². The maximum absolute atomic E-state index is 12.0. The monoisotopic (exact) mass is 480 g/mol. The van der Waals surface area contributed by atoms with Gasteiger partial charge in [0.05, 0.1) is 6.04 Å². The maximum Gasteiger partial charge on any atom is 0.414 e. The molecular weight excluding hydrogens is 463 g/mol. The summed E-state index contributed by atoms with van der Waals surface area (Å²) in [6, 6.07) is 6.82. The minimum Gasteiger partial charge on any atom is -0.480 e. The third-order valence-corrected chi connectivity index (χ3v) is 4.10. The van der Waals surface area contributed by atoms with Crippen LogP contribution in [0.25, 0.3) is 0 Å². The Labute approximate surface area is 186 Å². The lowest BCUT2D eigenvalue weighted by molar-refractivity contribution is -0.140. The van der Waals surface area contributed by atoms with Crippen molar-refractivity contribution in [1.29, 1.82) is 0 Å². The number of alkyl halides is 3. The molecule has 30 heavy (non-hydrogen) atoms. The molecule has 2 atom stereocenters. The Morgan fingerprint density at radius 2 is 1.90 bits per heavy atom. The predicted octanol–water partition coefficient (Wildman–Crippen LogP) is 2.18. The molecule has 0 aromatic heterocycles. The van der Waals surface area contributed by atoms with E-state index in [4.69, 9.17) is 44.3 Å². The fourth-order valence-corrected chi connectivity index (χ4v) is 2.60. The number of halogens is 3. The molecule has 1 aromatic rings. The standard InChI is InChI=1S/C17H19Cl3N4O6/c18-17(19,20)9-30-16(28)24-14-21-7-6-11(22-14)12(13(25)26)23-15(27)29-8-10-4-2-1-3-5-10/h1-5,11-12H,6-9H2,(H,23,27)(H,25,26)(H2,21,22,24,28)/t11-,12-/m0/s1. The number of amides is 2. The highest BCUT2D eigenvalue weighted by Gasteiger charge is 2.33. The van der Waals surface area contributed by atoms with E-state index >= 15 is 0 Å². The van der Waals surface area contributed by atoms with Crippen LogP contribution in [0.15, 0.2) is 35.3 Å². The number of ether oxygens (including phenoxy) is 2. The van der Waals surface area contributed by atoms with Crippen LogP contribution in [-0.2, 0) is 20.9 Å². The quantitative estimate of drug-likeness (QED) is 0.457. The van der Waals surface area contributed by atoms with Crippen molar-refractivity contribution in [3.05, 3.63) is 35.9 Å². The van der Waals surface area contributed by atoms with Gasteiger partial charge in [-0.05, 0) is 12.0 Å². The van der Waals surface area contributed by atoms with Gasteiger partial charge < -0.3 is 25.2 Å². The zero-order valence-corrected chi connectivity index (χ0v) is 17.7. The highest BCUT2D eigenvalue weighted by atomic mass is 35.6. The lowest BCUT2D eigenvalue weighted by atomic mass is 10.0. The molecule has 164 valence electrons. The molecule has 13 heteroatoms. The van der Waals surface area contributed by atoms with Crippen molar-refractivity contribution >= 4 is 58.9 Å². The molecule has 10 nitrogen and oxygen atoms in total. The zero-order valence-electron chi connectivity index (χ0n) is 15.4. The molecule has 1 aromatic carbocycles. The minimum absolute atomic E-state index is 0.0135. The first-order valence-electron chi connectivity index (χ1n) is 8.65. The molecule has 1 aliphatic rings. The van der Waals surface area contributed by atoms with Gasteiger partial charge in [-0.15, -0.1) is 0 Å². The summed E-state index contributed by atoms with van der Waals surface area (Å²) in [5.74, 6) is -1.32. The molecule has 0 radical (unpaired) electrons. The Kier molecular flexibility index (Phi) is 8.82. The summed E-state index contributed by atoms with van der Waals surface area (Å²) in [6.07, 6.45) is -1.56. The van der Waals surface area contributed by atoms with Gasteiger partial charge in [0.25, 0.3) is 0 Å². The number of hydrogen-bond acceptors (Lipinski definition) is 7. The van der Waals surface area contributed by atoms with Crippen molar-refractivity contribution in [3.63, 3.8) is 0 Å². The van der Waals surface area contributed by atoms with Crippen molar-refractivity contribution in [2.24, 2.45) is 4.99 Å². The summed E-state index contributed by atoms with van der Waals surface area (Å²) >= 11 is 16.5. The number of aliphatic carboxylic acids is 1. The Hall–Kier alpha value is -2.43. The smallest absolute Gasteiger partial charge is 0.414 e. The number of guanidine groups is 1. The molecule has 4 N–H and O–H groups in total. The average Bonchev–Trinajstić information content (AvgIpc) is 2.69. The molecule has 2 amide bonds. The normalized spacial score (nSPS) is 17.0. The maximum atomic E-state index is 12.0. The number of benzene rings is 1. The summed E-state index contributed by atoms with van der Waals surface area (Å²) in [4.78, 5) is 39.4. The van der Waals surface area contributed by atoms with Gasteiger partial charge in [0, 0.05) is 6.54 Å². The van der Waals surface area contributed by atoms with Crippen LogP contribution < -0.4 is 16.0 Å². The van der Waals surface area contributed by atoms with Crippen LogP contribution in [-0.4, -0.2) is 58.2 Å². The summed E-state index contributed by atoms with van der Waals surface area (Å²) in [6.45, 7) is -0.310. The van der Waals surface area contributed by atoms with Crippen LogP contribution in [0.4, 0.5) is 9.59 Å². The molecule has 1 heterocycles. The van der Waals surface area contributed by atoms with Gasteiger partial charge in [-0.1, -0.05) is 65.1 Å². The Bertz CT molecular complexity index is 787. The number of carboxylic acid groups (broad SMARTS) is 1. The van der Waals surface area contributed by atoms with E-state index in [2.05, 4.69) is 20.9 Å². The van der Waals surface area contributed by atoms with Crippen molar-refractivity contribution in [2.45, 2.75) is 28.9 Å². The lowest BCUT2D eigenvalue weighted by Crippen LogP contribution is -2.60. The van der Waals surface area contributed by atoms with Crippen LogP contribution in [0, 0.1) is 0 Å². The summed E-state index contributed by atoms with van der Waals surface area (Å²) in [5.41, 5.74) is 0.752. The molecule has 0 saturated heterocycles. The fraction of sp³-hybridized carbons (Fsp3) is 0.412. The number of nitrogens with one attached hydrogen (secondary N) is 3. The molecule has 0 aliphatic carbocycles. The van der Waals surface area contributed by atoms with Crippen LogP contribution in [0.3, 0.4) is 0 Å². The molecular formula is C17H19Cl3N4O6. The zero-order chi connectivity index (χ0) is 22.1. The van der Waals surface area contributed by atoms with Gasteiger partial charge in [0.15, 0.2) is 0 Å². The number of rotatable bonds is 6. The van der Waals surface area contributed by atoms with Crippen molar-refractivity contribution in [1.82, 2.24) is 16.0 Å².